The van der Waals surface area contributed by atoms with Crippen LogP contribution in [0.5, 0.6) is 34.5 Å². The predicted octanol–water partition coefficient (Wildman–Crippen LogP) is 9.05. The molecular weight excluding hydrogens is 568 g/mol. The molecule has 45 heavy (non-hydrogen) atoms. The molecule has 0 aliphatic carbocycles. The van der Waals surface area contributed by atoms with Gasteiger partial charge in [-0.3, -0.25) is 9.79 Å². The number of hydrogen-bond acceptors (Lipinski definition) is 7. The Bertz CT molecular complexity index is 1430. The minimum absolute atomic E-state index is 0.0240. The first-order valence-corrected chi connectivity index (χ1v) is 15.8. The summed E-state index contributed by atoms with van der Waals surface area (Å²) in [4.78, 5) is 18.9. The summed E-state index contributed by atoms with van der Waals surface area (Å²) in [7, 11) is 4.79. The van der Waals surface area contributed by atoms with Crippen molar-refractivity contribution in [1.29, 1.82) is 0 Å². The van der Waals surface area contributed by atoms with Crippen molar-refractivity contribution in [3.05, 3.63) is 65.7 Å². The van der Waals surface area contributed by atoms with Crippen LogP contribution in [0.4, 0.5) is 5.69 Å². The Hall–Kier alpha value is -4.20. The molecule has 3 aromatic carbocycles. The maximum absolute atomic E-state index is 12.5. The van der Waals surface area contributed by atoms with E-state index in [1.165, 1.54) is 0 Å². The van der Waals surface area contributed by atoms with Crippen LogP contribution in [0.15, 0.2) is 59.6 Å². The number of amides is 1. The fraction of sp³-hybridized carbons (Fsp3) is 0.459. The fourth-order valence-corrected chi connectivity index (χ4v) is 5.54. The Labute approximate surface area is 269 Å². The molecular formula is C37H50N2O6. The van der Waals surface area contributed by atoms with E-state index in [1.54, 1.807) is 33.5 Å². The summed E-state index contributed by atoms with van der Waals surface area (Å²) < 4.78 is 27.9. The second-order valence-electron chi connectivity index (χ2n) is 11.9. The number of benzene rings is 3. The van der Waals surface area contributed by atoms with Gasteiger partial charge in [0.2, 0.25) is 0 Å². The molecule has 0 bridgehead atoms. The first kappa shape index (κ1) is 35.3. The minimum atomic E-state index is -0.208. The molecule has 1 fully saturated rings. The molecule has 1 saturated heterocycles. The third-order valence-electron chi connectivity index (χ3n) is 7.42. The average Bonchev–Trinajstić information content (AvgIpc) is 3.46. The van der Waals surface area contributed by atoms with E-state index < -0.39 is 0 Å². The highest BCUT2D eigenvalue weighted by molar-refractivity contribution is 6.03. The third kappa shape index (κ3) is 9.40. The van der Waals surface area contributed by atoms with Gasteiger partial charge in [-0.2, -0.15) is 0 Å². The van der Waals surface area contributed by atoms with Crippen LogP contribution in [0.3, 0.4) is 0 Å². The van der Waals surface area contributed by atoms with Crippen LogP contribution in [-0.2, 0) is 0 Å². The zero-order valence-electron chi connectivity index (χ0n) is 28.6. The summed E-state index contributed by atoms with van der Waals surface area (Å²) in [6, 6.07) is 17.1. The fourth-order valence-electron chi connectivity index (χ4n) is 5.54. The Morgan fingerprint density at radius 2 is 1.49 bits per heavy atom. The molecule has 1 unspecified atom stereocenters. The van der Waals surface area contributed by atoms with Crippen molar-refractivity contribution >= 4 is 17.8 Å². The second kappa shape index (κ2) is 16.2. The van der Waals surface area contributed by atoms with Crippen molar-refractivity contribution < 1.29 is 28.5 Å². The van der Waals surface area contributed by atoms with Crippen molar-refractivity contribution in [2.24, 2.45) is 10.9 Å². The van der Waals surface area contributed by atoms with Crippen LogP contribution in [0.2, 0.25) is 0 Å². The highest BCUT2D eigenvalue weighted by atomic mass is 16.5. The molecule has 0 spiro atoms. The van der Waals surface area contributed by atoms with Crippen molar-refractivity contribution in [3.8, 4) is 34.5 Å². The Kier molecular flexibility index (Phi) is 12.7. The standard InChI is InChI=1S/C21H28O3.C14H16N2O3.C2H6/c1-15(2)14-21(4,5)24-19-8-7-16(3)20(13-19)23-18-11-9-17(22-6)10-12-18;1-18-12-6-10-11(7-13(12)19-2)15-8-9-4-3-5-16(9)14(10)17;1-2/h7-13,15H,14H2,1-6H3;6-9H,3-5H2,1-2H3;1-2H3. The highest BCUT2D eigenvalue weighted by Gasteiger charge is 2.32. The van der Waals surface area contributed by atoms with Gasteiger partial charge in [0.15, 0.2) is 11.5 Å². The van der Waals surface area contributed by atoms with Crippen LogP contribution in [-0.4, -0.2) is 56.5 Å². The van der Waals surface area contributed by atoms with Crippen molar-refractivity contribution in [2.45, 2.75) is 79.4 Å². The van der Waals surface area contributed by atoms with Gasteiger partial charge in [0.1, 0.15) is 28.6 Å². The molecule has 8 heteroatoms. The zero-order chi connectivity index (χ0) is 33.1. The molecule has 2 aliphatic rings. The number of fused-ring (bicyclic) bond motifs is 2. The molecule has 0 N–H and O–H groups in total. The third-order valence-corrected chi connectivity index (χ3v) is 7.42. The SMILES string of the molecule is CC.COc1cc2c(cc1OC)C(=O)N1CCCC1C=N2.COc1ccc(Oc2cc(OC(C)(C)CC(C)C)ccc2C)cc1. The quantitative estimate of drug-likeness (QED) is 0.238. The Morgan fingerprint density at radius 3 is 2.11 bits per heavy atom. The molecule has 0 radical (unpaired) electrons. The number of nitrogens with zero attached hydrogens (tertiary/aromatic N) is 2. The number of hydrogen-bond donors (Lipinski definition) is 0. The number of ether oxygens (including phenoxy) is 5. The summed E-state index contributed by atoms with van der Waals surface area (Å²) in [5, 5.41) is 0. The molecule has 0 aromatic heterocycles. The zero-order valence-corrected chi connectivity index (χ0v) is 28.6. The van der Waals surface area contributed by atoms with E-state index >= 15 is 0 Å². The van der Waals surface area contributed by atoms with E-state index in [9.17, 15) is 4.79 Å². The van der Waals surface area contributed by atoms with Crippen LogP contribution in [0, 0.1) is 12.8 Å². The first-order valence-electron chi connectivity index (χ1n) is 15.8. The van der Waals surface area contributed by atoms with Crippen LogP contribution >= 0.6 is 0 Å². The Balaban J connectivity index is 0.000000238. The van der Waals surface area contributed by atoms with E-state index in [0.29, 0.717) is 28.7 Å². The number of carbonyl (C=O) groups is 1. The lowest BCUT2D eigenvalue weighted by molar-refractivity contribution is 0.0774. The summed E-state index contributed by atoms with van der Waals surface area (Å²) in [5.74, 6) is 4.98. The summed E-state index contributed by atoms with van der Waals surface area (Å²) in [6.07, 6.45) is 4.88. The van der Waals surface area contributed by atoms with Gasteiger partial charge in [0.05, 0.1) is 38.6 Å². The van der Waals surface area contributed by atoms with Gasteiger partial charge in [0.25, 0.3) is 5.91 Å². The van der Waals surface area contributed by atoms with E-state index in [-0.39, 0.29) is 17.6 Å². The molecule has 1 amide bonds. The van der Waals surface area contributed by atoms with E-state index in [1.807, 2.05) is 74.4 Å². The molecule has 1 atom stereocenters. The number of carbonyl (C=O) groups excluding carboxylic acids is 1. The molecule has 2 aliphatic heterocycles. The summed E-state index contributed by atoms with van der Waals surface area (Å²) in [6.45, 7) is 15.5. The maximum Gasteiger partial charge on any atom is 0.256 e. The highest BCUT2D eigenvalue weighted by Crippen LogP contribution is 2.38. The van der Waals surface area contributed by atoms with Crippen molar-refractivity contribution in [1.82, 2.24) is 4.90 Å². The summed E-state index contributed by atoms with van der Waals surface area (Å²) >= 11 is 0. The Morgan fingerprint density at radius 1 is 0.867 bits per heavy atom. The van der Waals surface area contributed by atoms with E-state index in [4.69, 9.17) is 23.7 Å². The lowest BCUT2D eigenvalue weighted by atomic mass is 9.96. The number of rotatable bonds is 9. The number of methoxy groups -OCH3 is 3. The van der Waals surface area contributed by atoms with Gasteiger partial charge in [-0.15, -0.1) is 0 Å². The first-order chi connectivity index (χ1) is 21.5. The largest absolute Gasteiger partial charge is 0.497 e. The molecule has 2 heterocycles. The van der Waals surface area contributed by atoms with Gasteiger partial charge in [-0.25, -0.2) is 0 Å². The van der Waals surface area contributed by atoms with Gasteiger partial charge in [-0.05, 0) is 87.9 Å². The van der Waals surface area contributed by atoms with Crippen LogP contribution < -0.4 is 23.7 Å². The molecule has 8 nitrogen and oxygen atoms in total. The average molecular weight is 619 g/mol. The lowest BCUT2D eigenvalue weighted by Crippen LogP contribution is -2.35. The number of aryl methyl sites for hydroxylation is 1. The molecule has 5 rings (SSSR count). The van der Waals surface area contributed by atoms with Crippen LogP contribution in [0.1, 0.15) is 76.7 Å². The van der Waals surface area contributed by atoms with Crippen LogP contribution in [0.25, 0.3) is 0 Å². The minimum Gasteiger partial charge on any atom is -0.497 e. The maximum atomic E-state index is 12.5. The predicted molar refractivity (Wildman–Crippen MR) is 182 cm³/mol. The monoisotopic (exact) mass is 618 g/mol. The topological polar surface area (TPSA) is 78.8 Å². The normalized spacial score (nSPS) is 15.0. The van der Waals surface area contributed by atoms with E-state index in [2.05, 4.69) is 32.7 Å². The molecule has 244 valence electrons. The lowest BCUT2D eigenvalue weighted by Gasteiger charge is -2.28. The summed E-state index contributed by atoms with van der Waals surface area (Å²) in [5.41, 5.74) is 2.09. The van der Waals surface area contributed by atoms with Gasteiger partial charge >= 0.3 is 0 Å². The van der Waals surface area contributed by atoms with E-state index in [0.717, 1.165) is 54.4 Å². The van der Waals surface area contributed by atoms with Crippen molar-refractivity contribution in [3.63, 3.8) is 0 Å². The van der Waals surface area contributed by atoms with Gasteiger partial charge < -0.3 is 28.6 Å². The number of aliphatic imine (C=N–C) groups is 1. The van der Waals surface area contributed by atoms with Crippen molar-refractivity contribution in [2.75, 3.05) is 27.9 Å². The molecule has 0 saturated carbocycles. The second-order valence-corrected chi connectivity index (χ2v) is 11.9. The molecule has 3 aromatic rings. The smallest absolute Gasteiger partial charge is 0.256 e. The van der Waals surface area contributed by atoms with Gasteiger partial charge in [-0.1, -0.05) is 33.8 Å². The van der Waals surface area contributed by atoms with Gasteiger partial charge in [0, 0.05) is 24.9 Å².